The third-order valence-corrected chi connectivity index (χ3v) is 4.86. The van der Waals surface area contributed by atoms with Gasteiger partial charge in [0.05, 0.1) is 9.82 Å². The molecule has 0 spiro atoms. The number of amides is 1. The zero-order valence-corrected chi connectivity index (χ0v) is 14.4. The van der Waals surface area contributed by atoms with Crippen LogP contribution in [0.2, 0.25) is 5.02 Å². The van der Waals surface area contributed by atoms with Crippen LogP contribution in [0.5, 0.6) is 0 Å². The minimum atomic E-state index is -3.91. The number of hydrogen-bond acceptors (Lipinski definition) is 5. The van der Waals surface area contributed by atoms with Crippen LogP contribution in [-0.4, -0.2) is 32.3 Å². The lowest BCUT2D eigenvalue weighted by molar-refractivity contribution is -0.385. The SMILES string of the molecule is O=C(NCCNS(=O)(=O)c1cccc([N+](=O)[O-])c1)c1ccc(Cl)cc1. The van der Waals surface area contributed by atoms with Crippen molar-refractivity contribution in [2.45, 2.75) is 4.90 Å². The quantitative estimate of drug-likeness (QED) is 0.430. The molecule has 2 N–H and O–H groups in total. The Balaban J connectivity index is 1.90. The van der Waals surface area contributed by atoms with E-state index in [0.29, 0.717) is 10.6 Å². The molecule has 0 aromatic heterocycles. The molecule has 0 unspecified atom stereocenters. The predicted molar refractivity (Wildman–Crippen MR) is 92.1 cm³/mol. The summed E-state index contributed by atoms with van der Waals surface area (Å²) in [5, 5.41) is 13.8. The average molecular weight is 384 g/mol. The summed E-state index contributed by atoms with van der Waals surface area (Å²) in [6, 6.07) is 10.9. The number of nitrogens with zero attached hydrogens (tertiary/aromatic N) is 1. The lowest BCUT2D eigenvalue weighted by Gasteiger charge is -2.08. The number of nitro groups is 1. The summed E-state index contributed by atoms with van der Waals surface area (Å²) >= 11 is 5.73. The number of non-ortho nitro benzene ring substituents is 1. The van der Waals surface area contributed by atoms with E-state index in [1.165, 1.54) is 18.2 Å². The van der Waals surface area contributed by atoms with Gasteiger partial charge >= 0.3 is 0 Å². The van der Waals surface area contributed by atoms with Crippen LogP contribution in [0.3, 0.4) is 0 Å². The second kappa shape index (κ2) is 8.06. The van der Waals surface area contributed by atoms with E-state index in [1.54, 1.807) is 24.3 Å². The Hall–Kier alpha value is -2.49. The van der Waals surface area contributed by atoms with Gasteiger partial charge in [0.1, 0.15) is 0 Å². The predicted octanol–water partition coefficient (Wildman–Crippen LogP) is 1.96. The number of nitrogens with one attached hydrogen (secondary N) is 2. The van der Waals surface area contributed by atoms with Crippen LogP contribution >= 0.6 is 11.6 Å². The van der Waals surface area contributed by atoms with Crippen molar-refractivity contribution in [1.82, 2.24) is 10.0 Å². The molecule has 0 aliphatic rings. The van der Waals surface area contributed by atoms with Gasteiger partial charge in [-0.3, -0.25) is 14.9 Å². The zero-order valence-electron chi connectivity index (χ0n) is 12.8. The van der Waals surface area contributed by atoms with Crippen LogP contribution in [0, 0.1) is 10.1 Å². The average Bonchev–Trinajstić information content (AvgIpc) is 2.59. The van der Waals surface area contributed by atoms with E-state index in [2.05, 4.69) is 10.0 Å². The number of halogens is 1. The van der Waals surface area contributed by atoms with E-state index >= 15 is 0 Å². The molecule has 2 rings (SSSR count). The van der Waals surface area contributed by atoms with Gasteiger partial charge in [0.25, 0.3) is 11.6 Å². The first kappa shape index (κ1) is 18.8. The number of carbonyl (C=O) groups is 1. The second-order valence-corrected chi connectivity index (χ2v) is 7.12. The van der Waals surface area contributed by atoms with Crippen LogP contribution < -0.4 is 10.0 Å². The van der Waals surface area contributed by atoms with Crippen LogP contribution in [0.25, 0.3) is 0 Å². The van der Waals surface area contributed by atoms with Gasteiger partial charge in [-0.25, -0.2) is 13.1 Å². The molecule has 0 atom stereocenters. The van der Waals surface area contributed by atoms with Crippen molar-refractivity contribution in [3.05, 3.63) is 69.2 Å². The maximum atomic E-state index is 12.1. The summed E-state index contributed by atoms with van der Waals surface area (Å²) in [6.45, 7) is -0.0139. The first-order chi connectivity index (χ1) is 11.8. The second-order valence-electron chi connectivity index (χ2n) is 4.92. The monoisotopic (exact) mass is 383 g/mol. The highest BCUT2D eigenvalue weighted by atomic mass is 35.5. The molecule has 0 radical (unpaired) electrons. The minimum Gasteiger partial charge on any atom is -0.351 e. The Bertz CT molecular complexity index is 884. The maximum Gasteiger partial charge on any atom is 0.270 e. The van der Waals surface area contributed by atoms with Crippen molar-refractivity contribution in [2.75, 3.05) is 13.1 Å². The smallest absolute Gasteiger partial charge is 0.270 e. The van der Waals surface area contributed by atoms with Crippen molar-refractivity contribution in [2.24, 2.45) is 0 Å². The van der Waals surface area contributed by atoms with E-state index in [0.717, 1.165) is 6.07 Å². The molecule has 2 aromatic carbocycles. The van der Waals surface area contributed by atoms with Crippen molar-refractivity contribution in [3.8, 4) is 0 Å². The maximum absolute atomic E-state index is 12.1. The summed E-state index contributed by atoms with van der Waals surface area (Å²) in [7, 11) is -3.91. The van der Waals surface area contributed by atoms with Gasteiger partial charge in [0.2, 0.25) is 10.0 Å². The molecule has 0 saturated heterocycles. The normalized spacial score (nSPS) is 11.1. The molecule has 2 aromatic rings. The van der Waals surface area contributed by atoms with Crippen LogP contribution in [0.15, 0.2) is 53.4 Å². The summed E-state index contributed by atoms with van der Waals surface area (Å²) in [5.74, 6) is -0.369. The Morgan fingerprint density at radius 2 is 1.80 bits per heavy atom. The van der Waals surface area contributed by atoms with Crippen LogP contribution in [0.4, 0.5) is 5.69 Å². The summed E-state index contributed by atoms with van der Waals surface area (Å²) in [5.41, 5.74) is 0.0739. The van der Waals surface area contributed by atoms with Crippen molar-refractivity contribution in [1.29, 1.82) is 0 Å². The molecule has 10 heteroatoms. The molecule has 0 aliphatic carbocycles. The van der Waals surface area contributed by atoms with E-state index in [-0.39, 0.29) is 29.6 Å². The van der Waals surface area contributed by atoms with E-state index in [1.807, 2.05) is 0 Å². The number of carbonyl (C=O) groups excluding carboxylic acids is 1. The molecule has 25 heavy (non-hydrogen) atoms. The fourth-order valence-electron chi connectivity index (χ4n) is 1.91. The minimum absolute atomic E-state index is 0.0512. The van der Waals surface area contributed by atoms with Gasteiger partial charge in [0, 0.05) is 35.8 Å². The first-order valence-electron chi connectivity index (χ1n) is 7.07. The molecule has 8 nitrogen and oxygen atoms in total. The van der Waals surface area contributed by atoms with Crippen LogP contribution in [-0.2, 0) is 10.0 Å². The molecular weight excluding hydrogens is 370 g/mol. The zero-order chi connectivity index (χ0) is 18.4. The van der Waals surface area contributed by atoms with E-state index in [9.17, 15) is 23.3 Å². The summed E-state index contributed by atoms with van der Waals surface area (Å²) in [4.78, 5) is 21.7. The lowest BCUT2D eigenvalue weighted by atomic mass is 10.2. The van der Waals surface area contributed by atoms with Gasteiger partial charge in [-0.1, -0.05) is 17.7 Å². The highest BCUT2D eigenvalue weighted by Crippen LogP contribution is 2.16. The molecular formula is C15H14ClN3O5S. The van der Waals surface area contributed by atoms with Gasteiger partial charge in [-0.15, -0.1) is 0 Å². The number of nitro benzene ring substituents is 1. The van der Waals surface area contributed by atoms with Gasteiger partial charge in [-0.2, -0.15) is 0 Å². The van der Waals surface area contributed by atoms with Crippen molar-refractivity contribution >= 4 is 33.2 Å². The van der Waals surface area contributed by atoms with E-state index in [4.69, 9.17) is 11.6 Å². The Morgan fingerprint density at radius 3 is 2.44 bits per heavy atom. The fraction of sp³-hybridized carbons (Fsp3) is 0.133. The Morgan fingerprint density at radius 1 is 1.12 bits per heavy atom. The van der Waals surface area contributed by atoms with Crippen molar-refractivity contribution < 1.29 is 18.1 Å². The summed E-state index contributed by atoms with van der Waals surface area (Å²) < 4.78 is 26.5. The molecule has 0 fully saturated rings. The third kappa shape index (κ3) is 5.24. The third-order valence-electron chi connectivity index (χ3n) is 3.15. The topological polar surface area (TPSA) is 118 Å². The number of benzene rings is 2. The van der Waals surface area contributed by atoms with Gasteiger partial charge < -0.3 is 5.32 Å². The fourth-order valence-corrected chi connectivity index (χ4v) is 3.11. The lowest BCUT2D eigenvalue weighted by Crippen LogP contribution is -2.34. The standard InChI is InChI=1S/C15H14ClN3O5S/c16-12-6-4-11(5-7-12)15(20)17-8-9-18-25(23,24)14-3-1-2-13(10-14)19(21)22/h1-7,10,18H,8-9H2,(H,17,20). The highest BCUT2D eigenvalue weighted by Gasteiger charge is 2.17. The number of sulfonamides is 1. The number of hydrogen-bond donors (Lipinski definition) is 2. The largest absolute Gasteiger partial charge is 0.351 e. The first-order valence-corrected chi connectivity index (χ1v) is 8.93. The van der Waals surface area contributed by atoms with Crippen LogP contribution in [0.1, 0.15) is 10.4 Å². The molecule has 132 valence electrons. The van der Waals surface area contributed by atoms with Gasteiger partial charge in [0.15, 0.2) is 0 Å². The van der Waals surface area contributed by atoms with E-state index < -0.39 is 14.9 Å². The highest BCUT2D eigenvalue weighted by molar-refractivity contribution is 7.89. The number of rotatable bonds is 7. The summed E-state index contributed by atoms with van der Waals surface area (Å²) in [6.07, 6.45) is 0. The van der Waals surface area contributed by atoms with Gasteiger partial charge in [-0.05, 0) is 30.3 Å². The molecule has 0 bridgehead atoms. The van der Waals surface area contributed by atoms with Crippen molar-refractivity contribution in [3.63, 3.8) is 0 Å². The molecule has 0 aliphatic heterocycles. The Labute approximate surface area is 149 Å². The molecule has 0 heterocycles. The molecule has 0 saturated carbocycles. The Kier molecular flexibility index (Phi) is 6.07. The molecule has 1 amide bonds.